The van der Waals surface area contributed by atoms with Crippen molar-refractivity contribution in [3.05, 3.63) is 46.3 Å². The fourth-order valence-corrected chi connectivity index (χ4v) is 3.09. The van der Waals surface area contributed by atoms with Crippen LogP contribution in [-0.4, -0.2) is 18.2 Å². The number of nitrogens with one attached hydrogen (secondary N) is 2. The molecule has 0 aliphatic carbocycles. The van der Waals surface area contributed by atoms with Crippen LogP contribution >= 0.6 is 23.6 Å². The van der Waals surface area contributed by atoms with Gasteiger partial charge in [-0.2, -0.15) is 0 Å². The van der Waals surface area contributed by atoms with Gasteiger partial charge in [-0.25, -0.2) is 13.6 Å². The van der Waals surface area contributed by atoms with Crippen LogP contribution < -0.4 is 10.6 Å². The second-order valence-corrected chi connectivity index (χ2v) is 6.05. The van der Waals surface area contributed by atoms with Crippen molar-refractivity contribution >= 4 is 45.3 Å². The summed E-state index contributed by atoms with van der Waals surface area (Å²) in [6.07, 6.45) is 0.745. The molecular weight excluding hydrogens is 342 g/mol. The molecule has 8 heteroatoms. The van der Waals surface area contributed by atoms with E-state index in [1.165, 1.54) is 18.4 Å². The molecule has 2 aromatic rings. The SMILES string of the molecule is CCc1cc(C(=O)OC)c(NC(=S)Nc2cc(F)ccc2F)s1. The van der Waals surface area contributed by atoms with Gasteiger partial charge in [0.05, 0.1) is 18.4 Å². The molecule has 0 radical (unpaired) electrons. The zero-order chi connectivity index (χ0) is 17.0. The molecule has 1 aromatic carbocycles. The minimum absolute atomic E-state index is 0.0455. The van der Waals surface area contributed by atoms with E-state index in [1.807, 2.05) is 6.92 Å². The van der Waals surface area contributed by atoms with Crippen molar-refractivity contribution in [3.8, 4) is 0 Å². The van der Waals surface area contributed by atoms with Gasteiger partial charge in [0.1, 0.15) is 16.6 Å². The molecule has 0 aliphatic heterocycles. The highest BCUT2D eigenvalue weighted by Crippen LogP contribution is 2.29. The lowest BCUT2D eigenvalue weighted by molar-refractivity contribution is 0.0602. The number of hydrogen-bond donors (Lipinski definition) is 2. The maximum absolute atomic E-state index is 13.6. The van der Waals surface area contributed by atoms with Crippen LogP contribution in [0, 0.1) is 11.6 Å². The van der Waals surface area contributed by atoms with Crippen molar-refractivity contribution in [3.63, 3.8) is 0 Å². The van der Waals surface area contributed by atoms with Gasteiger partial charge in [0.15, 0.2) is 5.11 Å². The van der Waals surface area contributed by atoms with Gasteiger partial charge < -0.3 is 15.4 Å². The standard InChI is InChI=1S/C15H14F2N2O2S2/c1-3-9-7-10(14(20)21-2)13(23-9)19-15(22)18-12-6-8(16)4-5-11(12)17/h4-7H,3H2,1-2H3,(H2,18,19,22). The molecule has 0 saturated heterocycles. The Morgan fingerprint density at radius 1 is 1.30 bits per heavy atom. The molecule has 1 heterocycles. The molecule has 0 saturated carbocycles. The number of rotatable bonds is 4. The van der Waals surface area contributed by atoms with E-state index >= 15 is 0 Å². The van der Waals surface area contributed by atoms with E-state index in [-0.39, 0.29) is 10.8 Å². The predicted octanol–water partition coefficient (Wildman–Crippen LogP) is 4.18. The lowest BCUT2D eigenvalue weighted by atomic mass is 10.2. The first kappa shape index (κ1) is 17.3. The number of halogens is 2. The van der Waals surface area contributed by atoms with Gasteiger partial charge in [0.2, 0.25) is 0 Å². The van der Waals surface area contributed by atoms with Crippen molar-refractivity contribution < 1.29 is 18.3 Å². The summed E-state index contributed by atoms with van der Waals surface area (Å²) in [4.78, 5) is 12.7. The molecule has 23 heavy (non-hydrogen) atoms. The average molecular weight is 356 g/mol. The normalized spacial score (nSPS) is 10.3. The first-order chi connectivity index (χ1) is 10.9. The molecular formula is C15H14F2N2O2S2. The number of esters is 1. The number of benzene rings is 1. The number of methoxy groups -OCH3 is 1. The molecule has 122 valence electrons. The Labute approximate surface area is 141 Å². The molecule has 0 atom stereocenters. The van der Waals surface area contributed by atoms with Gasteiger partial charge in [-0.15, -0.1) is 11.3 Å². The first-order valence-corrected chi connectivity index (χ1v) is 7.91. The van der Waals surface area contributed by atoms with E-state index in [0.717, 1.165) is 29.5 Å². The number of carbonyl (C=O) groups is 1. The molecule has 0 fully saturated rings. The first-order valence-electron chi connectivity index (χ1n) is 6.68. The van der Waals surface area contributed by atoms with E-state index in [1.54, 1.807) is 6.07 Å². The largest absolute Gasteiger partial charge is 0.465 e. The molecule has 0 aliphatic rings. The zero-order valence-electron chi connectivity index (χ0n) is 12.4. The second-order valence-electron chi connectivity index (χ2n) is 4.50. The summed E-state index contributed by atoms with van der Waals surface area (Å²) < 4.78 is 31.5. The summed E-state index contributed by atoms with van der Waals surface area (Å²) in [7, 11) is 1.29. The van der Waals surface area contributed by atoms with Gasteiger partial charge in [-0.3, -0.25) is 0 Å². The number of carbonyl (C=O) groups excluding carboxylic acids is 1. The fraction of sp³-hybridized carbons (Fsp3) is 0.200. The number of thiophene rings is 1. The van der Waals surface area contributed by atoms with E-state index in [4.69, 9.17) is 17.0 Å². The Balaban J connectivity index is 2.18. The van der Waals surface area contributed by atoms with Crippen LogP contribution in [0.4, 0.5) is 19.5 Å². The van der Waals surface area contributed by atoms with Crippen LogP contribution in [0.25, 0.3) is 0 Å². The molecule has 2 N–H and O–H groups in total. The number of hydrogen-bond acceptors (Lipinski definition) is 4. The minimum Gasteiger partial charge on any atom is -0.465 e. The van der Waals surface area contributed by atoms with E-state index in [2.05, 4.69) is 10.6 Å². The quantitative estimate of drug-likeness (QED) is 0.636. The van der Waals surface area contributed by atoms with E-state index in [0.29, 0.717) is 10.6 Å². The molecule has 1 aromatic heterocycles. The van der Waals surface area contributed by atoms with Crippen LogP contribution in [0.2, 0.25) is 0 Å². The van der Waals surface area contributed by atoms with Gasteiger partial charge in [-0.05, 0) is 36.8 Å². The third-order valence-electron chi connectivity index (χ3n) is 2.94. The third kappa shape index (κ3) is 4.23. The molecule has 4 nitrogen and oxygen atoms in total. The third-order valence-corrected chi connectivity index (χ3v) is 4.34. The monoisotopic (exact) mass is 356 g/mol. The average Bonchev–Trinajstić information content (AvgIpc) is 2.93. The molecule has 0 spiro atoms. The topological polar surface area (TPSA) is 50.4 Å². The van der Waals surface area contributed by atoms with Crippen molar-refractivity contribution in [1.29, 1.82) is 0 Å². The summed E-state index contributed by atoms with van der Waals surface area (Å²) in [6, 6.07) is 4.72. The summed E-state index contributed by atoms with van der Waals surface area (Å²) in [5.74, 6) is -1.72. The van der Waals surface area contributed by atoms with Crippen molar-refractivity contribution in [2.75, 3.05) is 17.7 Å². The van der Waals surface area contributed by atoms with E-state index < -0.39 is 17.6 Å². The number of thiocarbonyl (C=S) groups is 1. The Kier molecular flexibility index (Phi) is 5.62. The lowest BCUT2D eigenvalue weighted by Crippen LogP contribution is -2.20. The highest BCUT2D eigenvalue weighted by molar-refractivity contribution is 7.80. The van der Waals surface area contributed by atoms with Crippen LogP contribution in [-0.2, 0) is 11.2 Å². The number of aryl methyl sites for hydroxylation is 1. The molecule has 0 amide bonds. The summed E-state index contributed by atoms with van der Waals surface area (Å²) in [5, 5.41) is 5.93. The smallest absolute Gasteiger partial charge is 0.340 e. The number of ether oxygens (including phenoxy) is 1. The maximum Gasteiger partial charge on any atom is 0.340 e. The fourth-order valence-electron chi connectivity index (χ4n) is 1.82. The Morgan fingerprint density at radius 2 is 2.04 bits per heavy atom. The van der Waals surface area contributed by atoms with Gasteiger partial charge >= 0.3 is 5.97 Å². The van der Waals surface area contributed by atoms with Crippen LogP contribution in [0.3, 0.4) is 0 Å². The van der Waals surface area contributed by atoms with Crippen molar-refractivity contribution in [2.24, 2.45) is 0 Å². The van der Waals surface area contributed by atoms with Crippen LogP contribution in [0.5, 0.6) is 0 Å². The second kappa shape index (κ2) is 7.47. The summed E-state index contributed by atoms with van der Waals surface area (Å²) in [5.41, 5.74) is 0.257. The summed E-state index contributed by atoms with van der Waals surface area (Å²) in [6.45, 7) is 1.95. The lowest BCUT2D eigenvalue weighted by Gasteiger charge is -2.11. The van der Waals surface area contributed by atoms with Crippen molar-refractivity contribution in [1.82, 2.24) is 0 Å². The predicted molar refractivity (Wildman–Crippen MR) is 91.2 cm³/mol. The van der Waals surface area contributed by atoms with Gasteiger partial charge in [0, 0.05) is 10.9 Å². The zero-order valence-corrected chi connectivity index (χ0v) is 14.0. The molecule has 0 bridgehead atoms. The molecule has 0 unspecified atom stereocenters. The Bertz CT molecular complexity index is 747. The Hall–Kier alpha value is -2.06. The van der Waals surface area contributed by atoms with Gasteiger partial charge in [-0.1, -0.05) is 6.92 Å². The van der Waals surface area contributed by atoms with E-state index in [9.17, 15) is 13.6 Å². The van der Waals surface area contributed by atoms with Gasteiger partial charge in [0.25, 0.3) is 0 Å². The minimum atomic E-state index is -0.635. The van der Waals surface area contributed by atoms with Crippen LogP contribution in [0.1, 0.15) is 22.2 Å². The summed E-state index contributed by atoms with van der Waals surface area (Å²) >= 11 is 6.43. The number of anilines is 2. The van der Waals surface area contributed by atoms with Crippen LogP contribution in [0.15, 0.2) is 24.3 Å². The maximum atomic E-state index is 13.6. The molecule has 2 rings (SSSR count). The van der Waals surface area contributed by atoms with Crippen molar-refractivity contribution in [2.45, 2.75) is 13.3 Å². The Morgan fingerprint density at radius 3 is 2.70 bits per heavy atom. The highest BCUT2D eigenvalue weighted by Gasteiger charge is 2.17. The highest BCUT2D eigenvalue weighted by atomic mass is 32.1.